The van der Waals surface area contributed by atoms with E-state index in [-0.39, 0.29) is 92.8 Å². The van der Waals surface area contributed by atoms with Gasteiger partial charge in [0.25, 0.3) is 5.56 Å². The molecule has 0 bridgehead atoms. The Morgan fingerprint density at radius 2 is 0.686 bits per heavy atom. The van der Waals surface area contributed by atoms with E-state index in [0.717, 1.165) is 29.7 Å². The predicted molar refractivity (Wildman–Crippen MR) is 344 cm³/mol. The molecule has 9 aromatic heterocycles. The number of aromatic amines is 1. The Balaban J connectivity index is 0.671. The van der Waals surface area contributed by atoms with Crippen LogP contribution in [0.15, 0.2) is 66.4 Å². The van der Waals surface area contributed by atoms with Gasteiger partial charge in [0.05, 0.1) is 58.3 Å². The van der Waals surface area contributed by atoms with Crippen molar-refractivity contribution >= 4 is 107 Å². The van der Waals surface area contributed by atoms with Gasteiger partial charge in [-0.15, -0.1) is 0 Å². The molecule has 0 amide bonds. The second-order valence-electron chi connectivity index (χ2n) is 24.1. The molecule has 5 fully saturated rings. The average molecular weight is 1580 g/mol. The van der Waals surface area contributed by atoms with Gasteiger partial charge in [0.15, 0.2) is 45.9 Å². The molecule has 16 N–H and O–H groups in total. The molecule has 19 atom stereocenters. The molecule has 0 aliphatic carbocycles. The number of phosphoric acid groups is 5. The third kappa shape index (κ3) is 16.0. The first-order chi connectivity index (χ1) is 49.8. The van der Waals surface area contributed by atoms with Crippen LogP contribution in [0, 0.1) is 6.92 Å². The third-order valence-electron chi connectivity index (χ3n) is 17.3. The van der Waals surface area contributed by atoms with Crippen molar-refractivity contribution in [3.8, 4) is 0 Å². The third-order valence-corrected chi connectivity index (χ3v) is 21.9. The molecule has 4 unspecified atom stereocenters. The summed E-state index contributed by atoms with van der Waals surface area (Å²) in [4.78, 5) is 142. The Bertz CT molecular complexity index is 5120. The van der Waals surface area contributed by atoms with E-state index in [4.69, 9.17) is 87.3 Å². The number of nitrogens with zero attached hydrogens (tertiary/aromatic N) is 17. The molecule has 5 aliphatic rings. The highest BCUT2D eigenvalue weighted by Gasteiger charge is 2.51. The van der Waals surface area contributed by atoms with Gasteiger partial charge in [-0.25, -0.2) is 87.4 Å². The van der Waals surface area contributed by atoms with E-state index < -0.39 is 188 Å². The summed E-state index contributed by atoms with van der Waals surface area (Å²) in [6, 6.07) is 0. The number of phosphoric ester groups is 5. The van der Waals surface area contributed by atoms with Gasteiger partial charge in [-0.1, -0.05) is 0 Å². The maximum absolute atomic E-state index is 14.3. The number of nitrogen functional groups attached to an aromatic ring is 4. The number of aromatic nitrogens is 18. The minimum absolute atomic E-state index is 0.00204. The second-order valence-corrected chi connectivity index (χ2v) is 30.9. The van der Waals surface area contributed by atoms with Gasteiger partial charge in [-0.3, -0.25) is 73.3 Å². The molecule has 9 aromatic rings. The zero-order valence-corrected chi connectivity index (χ0v) is 58.3. The number of fused-ring (bicyclic) bond motifs is 4. The summed E-state index contributed by atoms with van der Waals surface area (Å²) in [5, 5.41) is 10.3. The van der Waals surface area contributed by atoms with Gasteiger partial charge >= 0.3 is 44.8 Å². The molecule has 105 heavy (non-hydrogen) atoms. The molecular formula is C50H63N22O28P5. The summed E-state index contributed by atoms with van der Waals surface area (Å²) in [5.41, 5.74) is 23.5. The fourth-order valence-electron chi connectivity index (χ4n) is 12.5. The van der Waals surface area contributed by atoms with Crippen LogP contribution in [0.25, 0.3) is 44.7 Å². The molecule has 14 rings (SSSR count). The number of H-pyrrole nitrogens is 1. The maximum Gasteiger partial charge on any atom is 0.472 e. The second kappa shape index (κ2) is 29.2. The fraction of sp³-hybridized carbons (Fsp3) is 0.520. The van der Waals surface area contributed by atoms with E-state index >= 15 is 0 Å². The van der Waals surface area contributed by atoms with Crippen LogP contribution in [0.1, 0.15) is 68.8 Å². The van der Waals surface area contributed by atoms with E-state index in [1.165, 1.54) is 56.8 Å². The molecule has 55 heteroatoms. The van der Waals surface area contributed by atoms with Crippen molar-refractivity contribution in [2.75, 3.05) is 56.0 Å². The van der Waals surface area contributed by atoms with Gasteiger partial charge in [-0.05, 0) is 6.92 Å². The van der Waals surface area contributed by atoms with E-state index in [1.807, 2.05) is 0 Å². The number of ether oxygens (including phenoxy) is 5. The lowest BCUT2D eigenvalue weighted by molar-refractivity contribution is -0.0636. The molecule has 14 heterocycles. The highest BCUT2D eigenvalue weighted by molar-refractivity contribution is 7.48. The molecule has 0 radical (unpaired) electrons. The molecule has 0 spiro atoms. The number of nitrogens with one attached hydrogen (secondary N) is 1. The molecule has 5 aliphatic heterocycles. The lowest BCUT2D eigenvalue weighted by atomic mass is 10.2. The number of hydrogen-bond donors (Lipinski definition) is 12. The zero-order valence-electron chi connectivity index (χ0n) is 53.8. The normalized spacial score (nSPS) is 29.0. The van der Waals surface area contributed by atoms with Crippen LogP contribution in [-0.4, -0.2) is 216 Å². The van der Waals surface area contributed by atoms with E-state index in [0.29, 0.717) is 0 Å². The first kappa shape index (κ1) is 74.3. The number of aliphatic hydroxyl groups excluding tert-OH is 1. The van der Waals surface area contributed by atoms with Gasteiger partial charge in [0.2, 0.25) is 0 Å². The standard InChI is InChI=1S/C50H63N22O28P5/c1-21-7-68(50(75)67-49(21)74)32-4-24(98-103(81,82)87-9-28-23(96-101(76,77)78)3-34(93-28)70-18-64-38-42(52)56-14-60-46(38)70)29(92-32)10-89-104(83,84)99-26-6-36(72-20-66-40-44(54)58-16-62-48(40)72)95-31(26)12-90-105(85,86)100-25-5-35(71-19-65-39-43(53)57-15-61-47(39)71)94-30(25)11-88-102(79,80)97-22-2-33(91-27(22)8-73)69-17-63-37-41(51)55-13-59-45(37)69/h7,13-20,22-36,73H,2-6,8-12H2,1H3,(H,79,80)(H,81,82)(H,83,84)(H,85,86)(H2,51,55,59)(H2,52,56,60)(H2,53,57,61)(H2,54,58,62)(H,67,74,75)(H2,76,77,78)/t22-,23-,24-,25-,26-,27+,28+,29+,30+,31+,32+,33+,34+,35+,36+/m0/s1. The smallest absolute Gasteiger partial charge is 0.394 e. The van der Waals surface area contributed by atoms with Crippen molar-refractivity contribution in [1.82, 2.24) is 87.6 Å². The van der Waals surface area contributed by atoms with E-state index in [1.54, 1.807) is 0 Å². The van der Waals surface area contributed by atoms with Crippen LogP contribution in [0.4, 0.5) is 23.3 Å². The van der Waals surface area contributed by atoms with Crippen LogP contribution in [0.5, 0.6) is 0 Å². The number of rotatable bonds is 28. The summed E-state index contributed by atoms with van der Waals surface area (Å²) in [5.74, 6) is -0.00118. The maximum atomic E-state index is 14.3. The highest BCUT2D eigenvalue weighted by atomic mass is 31.2. The highest BCUT2D eigenvalue weighted by Crippen LogP contribution is 2.56. The van der Waals surface area contributed by atoms with Gasteiger partial charge in [0, 0.05) is 43.9 Å². The van der Waals surface area contributed by atoms with Crippen LogP contribution in [0.3, 0.4) is 0 Å². The quantitative estimate of drug-likeness (QED) is 0.0274. The van der Waals surface area contributed by atoms with E-state index in [9.17, 15) is 66.9 Å². The minimum atomic E-state index is -5.53. The molecular weight excluding hydrogens is 1510 g/mol. The Hall–Kier alpha value is -7.61. The predicted octanol–water partition coefficient (Wildman–Crippen LogP) is -0.550. The number of aliphatic hydroxyl groups is 1. The summed E-state index contributed by atoms with van der Waals surface area (Å²) in [6.45, 7) is -3.24. The van der Waals surface area contributed by atoms with Gasteiger partial charge in [0.1, 0.15) is 140 Å². The van der Waals surface area contributed by atoms with Crippen LogP contribution in [0.2, 0.25) is 0 Å². The summed E-state index contributed by atoms with van der Waals surface area (Å²) in [7, 11) is -26.9. The lowest BCUT2D eigenvalue weighted by Gasteiger charge is -2.26. The van der Waals surface area contributed by atoms with Gasteiger partial charge in [-0.2, -0.15) is 0 Å². The topological polar surface area (TPSA) is 690 Å². The molecule has 566 valence electrons. The molecule has 0 aromatic carbocycles. The van der Waals surface area contributed by atoms with E-state index in [2.05, 4.69) is 64.8 Å². The van der Waals surface area contributed by atoms with Crippen molar-refractivity contribution in [3.63, 3.8) is 0 Å². The molecule has 0 saturated carbocycles. The lowest BCUT2D eigenvalue weighted by Crippen LogP contribution is -2.33. The molecule has 50 nitrogen and oxygen atoms in total. The number of hydrogen-bond acceptors (Lipinski definition) is 38. The monoisotopic (exact) mass is 1570 g/mol. The minimum Gasteiger partial charge on any atom is -0.394 e. The first-order valence-corrected chi connectivity index (χ1v) is 38.6. The van der Waals surface area contributed by atoms with Gasteiger partial charge < -0.3 is 81.1 Å². The number of anilines is 4. The SMILES string of the molecule is Cc1cn([C@H]2C[C@H](OP(=O)(O)OC[C@H]3O[C@@H](n4cnc5c(N)ncnc54)C[C@@H]3OP(=O)(O)O)[C@@H](COP(=O)(O)O[C@H]3C[C@H](n4cnc5c(N)ncnc54)O[C@@H]3COP(=O)(O)O[C@H]3C[C@H](n4cnc5c(N)ncnc54)O[C@@H]3COP(=O)(O)O[C@H]3C[C@H](n4cnc5c(N)ncnc54)O[C@@H]3CO)O2)c(=O)[nH]c1=O. The van der Waals surface area contributed by atoms with Crippen LogP contribution < -0.4 is 34.2 Å². The Labute approximate surface area is 584 Å². The Morgan fingerprint density at radius 1 is 0.419 bits per heavy atom. The van der Waals surface area contributed by atoms with Crippen molar-refractivity contribution < 1.29 is 122 Å². The largest absolute Gasteiger partial charge is 0.472 e. The summed E-state index contributed by atoms with van der Waals surface area (Å²) in [6.07, 6.45) is -12.3. The first-order valence-electron chi connectivity index (χ1n) is 31.1. The average Bonchev–Trinajstić information content (AvgIpc) is 1.93. The number of aryl methyl sites for hydroxylation is 1. The zero-order chi connectivity index (χ0) is 74.2. The number of nitrogens with two attached hydrogens (primary N) is 4. The number of imidazole rings is 4. The fourth-order valence-corrected chi connectivity index (χ4v) is 16.9. The Morgan fingerprint density at radius 3 is 0.971 bits per heavy atom. The Kier molecular flexibility index (Phi) is 20.6. The summed E-state index contributed by atoms with van der Waals surface area (Å²) >= 11 is 0. The van der Waals surface area contributed by atoms with Crippen LogP contribution in [-0.2, 0) is 87.2 Å². The van der Waals surface area contributed by atoms with Crippen molar-refractivity contribution in [2.45, 2.75) is 131 Å². The summed E-state index contributed by atoms with van der Waals surface area (Å²) < 4.78 is 155. The van der Waals surface area contributed by atoms with Crippen molar-refractivity contribution in [1.29, 1.82) is 0 Å². The molecule has 5 saturated heterocycles. The van der Waals surface area contributed by atoms with Crippen LogP contribution >= 0.6 is 39.1 Å². The van der Waals surface area contributed by atoms with Crippen molar-refractivity contribution in [2.24, 2.45) is 0 Å². The van der Waals surface area contributed by atoms with Crippen molar-refractivity contribution in [3.05, 3.63) is 83.2 Å².